The lowest BCUT2D eigenvalue weighted by Gasteiger charge is -2.30. The Kier molecular flexibility index (Phi) is 4.82. The number of carbonyl (C=O) groups is 1. The Balaban J connectivity index is 1.62. The van der Waals surface area contributed by atoms with Gasteiger partial charge in [0.15, 0.2) is 0 Å². The van der Waals surface area contributed by atoms with Crippen molar-refractivity contribution >= 4 is 5.91 Å². The van der Waals surface area contributed by atoms with Gasteiger partial charge in [0.25, 0.3) is 0 Å². The highest BCUT2D eigenvalue weighted by atomic mass is 16.3. The van der Waals surface area contributed by atoms with Crippen LogP contribution in [0.5, 0.6) is 0 Å². The van der Waals surface area contributed by atoms with Gasteiger partial charge < -0.3 is 9.32 Å². The summed E-state index contributed by atoms with van der Waals surface area (Å²) >= 11 is 0. The van der Waals surface area contributed by atoms with Gasteiger partial charge >= 0.3 is 0 Å². The lowest BCUT2D eigenvalue weighted by atomic mass is 9.82. The van der Waals surface area contributed by atoms with Crippen LogP contribution in [0, 0.1) is 0 Å². The molecule has 1 aliphatic rings. The van der Waals surface area contributed by atoms with Crippen LogP contribution < -0.4 is 0 Å². The minimum atomic E-state index is -0.0772. The maximum absolute atomic E-state index is 13.5. The van der Waals surface area contributed by atoms with Crippen LogP contribution in [0.2, 0.25) is 0 Å². The fourth-order valence-corrected chi connectivity index (χ4v) is 3.75. The second kappa shape index (κ2) is 7.56. The van der Waals surface area contributed by atoms with E-state index in [1.807, 2.05) is 41.4 Å². The maximum Gasteiger partial charge on any atom is 0.230 e. The Morgan fingerprint density at radius 3 is 2.85 bits per heavy atom. The maximum atomic E-state index is 13.5. The molecular formula is C22H22N2O2. The molecule has 2 aromatic heterocycles. The van der Waals surface area contributed by atoms with Crippen LogP contribution in [0.1, 0.15) is 41.2 Å². The number of nitrogens with zero attached hydrogens (tertiary/aromatic N) is 2. The number of amides is 1. The molecule has 0 aliphatic heterocycles. The van der Waals surface area contributed by atoms with Crippen molar-refractivity contribution in [1.82, 2.24) is 9.88 Å². The Labute approximate surface area is 153 Å². The van der Waals surface area contributed by atoms with Crippen molar-refractivity contribution in [1.29, 1.82) is 0 Å². The normalized spacial score (nSPS) is 16.1. The summed E-state index contributed by atoms with van der Waals surface area (Å²) < 4.78 is 5.50. The molecule has 4 heteroatoms. The Morgan fingerprint density at radius 1 is 1.12 bits per heavy atom. The molecule has 1 aromatic carbocycles. The number of rotatable bonds is 5. The summed E-state index contributed by atoms with van der Waals surface area (Å²) in [7, 11) is 0. The summed E-state index contributed by atoms with van der Waals surface area (Å²) in [5, 5.41) is 0. The number of hydrogen-bond acceptors (Lipinski definition) is 3. The number of fused-ring (bicyclic) bond motifs is 1. The Bertz CT molecular complexity index is 859. The summed E-state index contributed by atoms with van der Waals surface area (Å²) in [6.45, 7) is 1.01. The van der Waals surface area contributed by atoms with Crippen molar-refractivity contribution in [3.8, 4) is 0 Å². The summed E-state index contributed by atoms with van der Waals surface area (Å²) in [4.78, 5) is 19.5. The molecule has 0 saturated carbocycles. The molecule has 3 aromatic rings. The first-order valence-electron chi connectivity index (χ1n) is 9.09. The highest BCUT2D eigenvalue weighted by molar-refractivity contribution is 5.84. The van der Waals surface area contributed by atoms with Gasteiger partial charge in [-0.3, -0.25) is 9.78 Å². The number of carbonyl (C=O) groups excluding carboxylic acids is 1. The molecule has 1 aliphatic carbocycles. The third-order valence-corrected chi connectivity index (χ3v) is 5.00. The zero-order valence-electron chi connectivity index (χ0n) is 14.7. The Morgan fingerprint density at radius 2 is 2.04 bits per heavy atom. The van der Waals surface area contributed by atoms with E-state index in [0.29, 0.717) is 13.1 Å². The second-order valence-corrected chi connectivity index (χ2v) is 6.78. The predicted octanol–water partition coefficient (Wildman–Crippen LogP) is 4.32. The molecule has 1 amide bonds. The minimum Gasteiger partial charge on any atom is -0.467 e. The first-order valence-corrected chi connectivity index (χ1v) is 9.09. The van der Waals surface area contributed by atoms with E-state index < -0.39 is 0 Å². The third kappa shape index (κ3) is 3.54. The van der Waals surface area contributed by atoms with E-state index >= 15 is 0 Å². The number of pyridine rings is 1. The molecular weight excluding hydrogens is 324 g/mol. The topological polar surface area (TPSA) is 46.3 Å². The minimum absolute atomic E-state index is 0.0772. The lowest BCUT2D eigenvalue weighted by molar-refractivity contribution is -0.134. The molecule has 0 fully saturated rings. The molecule has 0 saturated heterocycles. The largest absolute Gasteiger partial charge is 0.467 e. The van der Waals surface area contributed by atoms with E-state index in [1.54, 1.807) is 12.5 Å². The van der Waals surface area contributed by atoms with Crippen molar-refractivity contribution < 1.29 is 9.21 Å². The van der Waals surface area contributed by atoms with Crippen molar-refractivity contribution in [2.75, 3.05) is 0 Å². The van der Waals surface area contributed by atoms with Crippen LogP contribution in [0.3, 0.4) is 0 Å². The summed E-state index contributed by atoms with van der Waals surface area (Å²) in [6, 6.07) is 16.0. The quantitative estimate of drug-likeness (QED) is 0.691. The van der Waals surface area contributed by atoms with E-state index in [4.69, 9.17) is 4.42 Å². The van der Waals surface area contributed by atoms with Crippen LogP contribution >= 0.6 is 0 Å². The number of benzene rings is 1. The molecule has 132 valence electrons. The molecule has 0 spiro atoms. The second-order valence-electron chi connectivity index (χ2n) is 6.78. The molecule has 0 radical (unpaired) electrons. The lowest BCUT2D eigenvalue weighted by Crippen LogP contribution is -2.35. The monoisotopic (exact) mass is 346 g/mol. The van der Waals surface area contributed by atoms with Gasteiger partial charge in [-0.05, 0) is 54.2 Å². The van der Waals surface area contributed by atoms with E-state index in [1.165, 1.54) is 11.1 Å². The van der Waals surface area contributed by atoms with Crippen molar-refractivity contribution in [3.63, 3.8) is 0 Å². The van der Waals surface area contributed by atoms with E-state index in [-0.39, 0.29) is 11.8 Å². The zero-order chi connectivity index (χ0) is 17.8. The van der Waals surface area contributed by atoms with E-state index in [0.717, 1.165) is 30.6 Å². The average Bonchev–Trinajstić information content (AvgIpc) is 3.20. The molecule has 0 N–H and O–H groups in total. The van der Waals surface area contributed by atoms with Gasteiger partial charge in [-0.2, -0.15) is 0 Å². The zero-order valence-corrected chi connectivity index (χ0v) is 14.7. The molecule has 4 rings (SSSR count). The number of aryl methyl sites for hydroxylation is 1. The summed E-state index contributed by atoms with van der Waals surface area (Å²) in [6.07, 6.45) is 8.22. The summed E-state index contributed by atoms with van der Waals surface area (Å²) in [5.74, 6) is 0.885. The SMILES string of the molecule is O=C(C1CCCc2ccccc21)N(Cc1cccnc1)Cc1ccco1. The number of furan rings is 1. The van der Waals surface area contributed by atoms with Gasteiger partial charge in [0.05, 0.1) is 18.7 Å². The Hall–Kier alpha value is -2.88. The molecule has 1 atom stereocenters. The third-order valence-electron chi connectivity index (χ3n) is 5.00. The van der Waals surface area contributed by atoms with Gasteiger partial charge in [-0.1, -0.05) is 30.3 Å². The fraction of sp³-hybridized carbons (Fsp3) is 0.273. The highest BCUT2D eigenvalue weighted by Crippen LogP contribution is 2.33. The van der Waals surface area contributed by atoms with E-state index in [9.17, 15) is 4.79 Å². The van der Waals surface area contributed by atoms with Gasteiger partial charge in [0.1, 0.15) is 5.76 Å². The number of hydrogen-bond donors (Lipinski definition) is 0. The van der Waals surface area contributed by atoms with E-state index in [2.05, 4.69) is 23.2 Å². The molecule has 0 bridgehead atoms. The molecule has 26 heavy (non-hydrogen) atoms. The first-order chi connectivity index (χ1) is 12.8. The van der Waals surface area contributed by atoms with Gasteiger partial charge in [-0.25, -0.2) is 0 Å². The first kappa shape index (κ1) is 16.6. The van der Waals surface area contributed by atoms with Crippen molar-refractivity contribution in [2.24, 2.45) is 0 Å². The van der Waals surface area contributed by atoms with Crippen LogP contribution in [0.15, 0.2) is 71.6 Å². The predicted molar refractivity (Wildman–Crippen MR) is 99.3 cm³/mol. The number of aromatic nitrogens is 1. The van der Waals surface area contributed by atoms with Crippen LogP contribution in [0.25, 0.3) is 0 Å². The highest BCUT2D eigenvalue weighted by Gasteiger charge is 2.30. The van der Waals surface area contributed by atoms with Gasteiger partial charge in [0, 0.05) is 18.9 Å². The molecule has 1 unspecified atom stereocenters. The summed E-state index contributed by atoms with van der Waals surface area (Å²) in [5.41, 5.74) is 3.51. The molecule has 2 heterocycles. The van der Waals surface area contributed by atoms with Crippen LogP contribution in [-0.2, 0) is 24.3 Å². The van der Waals surface area contributed by atoms with Gasteiger partial charge in [0.2, 0.25) is 5.91 Å². The van der Waals surface area contributed by atoms with Crippen molar-refractivity contribution in [3.05, 3.63) is 89.6 Å². The average molecular weight is 346 g/mol. The van der Waals surface area contributed by atoms with Crippen molar-refractivity contribution in [2.45, 2.75) is 38.3 Å². The fourth-order valence-electron chi connectivity index (χ4n) is 3.75. The molecule has 4 nitrogen and oxygen atoms in total. The van der Waals surface area contributed by atoms with Crippen LogP contribution in [-0.4, -0.2) is 15.8 Å². The smallest absolute Gasteiger partial charge is 0.230 e. The standard InChI is InChI=1S/C22H22N2O2/c25-22(21-11-3-8-18-7-1-2-10-20(18)21)24(16-19-9-5-13-26-19)15-17-6-4-12-23-14-17/h1-2,4-7,9-10,12-14,21H,3,8,11,15-16H2. The van der Waals surface area contributed by atoms with Gasteiger partial charge in [-0.15, -0.1) is 0 Å². The van der Waals surface area contributed by atoms with Crippen LogP contribution in [0.4, 0.5) is 0 Å².